The zero-order valence-corrected chi connectivity index (χ0v) is 31.7. The van der Waals surface area contributed by atoms with Crippen molar-refractivity contribution in [2.24, 2.45) is 0 Å². The number of hydrogen-bond donors (Lipinski definition) is 2. The van der Waals surface area contributed by atoms with Gasteiger partial charge in [-0.05, 0) is 89.6 Å². The molecule has 10 heteroatoms. The SMILES string of the molecule is CCN(Cc1cc(C(=O)OCCCCCCCCCOC(=O)Cc2ccccc2Nc2c(Cl)cccc2Cl)cc(Br)c1N)C1CCCCC1. The van der Waals surface area contributed by atoms with Crippen molar-refractivity contribution < 1.29 is 19.1 Å². The third-order valence-electron chi connectivity index (χ3n) is 9.18. The van der Waals surface area contributed by atoms with E-state index in [4.69, 9.17) is 38.4 Å². The van der Waals surface area contributed by atoms with Crippen LogP contribution in [0.2, 0.25) is 10.0 Å². The van der Waals surface area contributed by atoms with E-state index >= 15 is 0 Å². The van der Waals surface area contributed by atoms with Crippen LogP contribution >= 0.6 is 39.1 Å². The Bertz CT molecular complexity index is 1500. The molecule has 49 heavy (non-hydrogen) atoms. The first-order valence-electron chi connectivity index (χ1n) is 17.7. The Morgan fingerprint density at radius 2 is 1.49 bits per heavy atom. The van der Waals surface area contributed by atoms with E-state index in [2.05, 4.69) is 33.1 Å². The minimum absolute atomic E-state index is 0.157. The second kappa shape index (κ2) is 20.8. The third kappa shape index (κ3) is 12.5. The number of carbonyl (C=O) groups is 2. The number of nitrogens with two attached hydrogens (primary N) is 1. The topological polar surface area (TPSA) is 93.9 Å². The van der Waals surface area contributed by atoms with Crippen molar-refractivity contribution in [1.82, 2.24) is 4.90 Å². The highest BCUT2D eigenvalue weighted by Crippen LogP contribution is 2.34. The first-order valence-corrected chi connectivity index (χ1v) is 19.2. The number of hydrogen-bond acceptors (Lipinski definition) is 7. The van der Waals surface area contributed by atoms with Gasteiger partial charge in [0.2, 0.25) is 0 Å². The number of halogens is 3. The van der Waals surface area contributed by atoms with Crippen molar-refractivity contribution in [3.63, 3.8) is 0 Å². The fraction of sp³-hybridized carbons (Fsp3) is 0.487. The zero-order valence-electron chi connectivity index (χ0n) is 28.6. The lowest BCUT2D eigenvalue weighted by atomic mass is 9.93. The van der Waals surface area contributed by atoms with Gasteiger partial charge in [0, 0.05) is 22.7 Å². The molecule has 0 bridgehead atoms. The third-order valence-corrected chi connectivity index (χ3v) is 10.5. The Labute approximate surface area is 310 Å². The summed E-state index contributed by atoms with van der Waals surface area (Å²) in [5.74, 6) is -0.569. The molecule has 3 aromatic rings. The minimum Gasteiger partial charge on any atom is -0.465 e. The molecule has 0 aromatic heterocycles. The number of ether oxygens (including phenoxy) is 2. The van der Waals surface area contributed by atoms with Crippen LogP contribution in [0.25, 0.3) is 0 Å². The van der Waals surface area contributed by atoms with Crippen molar-refractivity contribution in [3.05, 3.63) is 85.8 Å². The zero-order chi connectivity index (χ0) is 35.0. The van der Waals surface area contributed by atoms with Crippen LogP contribution in [-0.2, 0) is 27.2 Å². The summed E-state index contributed by atoms with van der Waals surface area (Å²) in [6, 6.07) is 17.1. The van der Waals surface area contributed by atoms with Crippen LogP contribution in [0.4, 0.5) is 17.1 Å². The van der Waals surface area contributed by atoms with Gasteiger partial charge >= 0.3 is 11.9 Å². The molecule has 1 aliphatic carbocycles. The number of nitrogens with zero attached hydrogens (tertiary/aromatic N) is 1. The lowest BCUT2D eigenvalue weighted by Gasteiger charge is -2.34. The number of anilines is 3. The van der Waals surface area contributed by atoms with Crippen molar-refractivity contribution in [3.8, 4) is 0 Å². The van der Waals surface area contributed by atoms with Crippen molar-refractivity contribution >= 4 is 68.1 Å². The van der Waals surface area contributed by atoms with Crippen molar-refractivity contribution in [2.75, 3.05) is 30.8 Å². The molecule has 0 atom stereocenters. The summed E-state index contributed by atoms with van der Waals surface area (Å²) >= 11 is 16.2. The summed E-state index contributed by atoms with van der Waals surface area (Å²) in [5, 5.41) is 4.27. The predicted molar refractivity (Wildman–Crippen MR) is 205 cm³/mol. The first-order chi connectivity index (χ1) is 23.8. The Morgan fingerprint density at radius 1 is 0.857 bits per heavy atom. The second-order valence-electron chi connectivity index (χ2n) is 12.8. The van der Waals surface area contributed by atoms with Crippen LogP contribution in [0, 0.1) is 0 Å². The highest BCUT2D eigenvalue weighted by molar-refractivity contribution is 9.10. The highest BCUT2D eigenvalue weighted by Gasteiger charge is 2.22. The normalized spacial score (nSPS) is 13.4. The molecule has 0 heterocycles. The van der Waals surface area contributed by atoms with Gasteiger partial charge < -0.3 is 20.5 Å². The van der Waals surface area contributed by atoms with E-state index in [1.54, 1.807) is 24.3 Å². The number of esters is 2. The molecule has 0 amide bonds. The van der Waals surface area contributed by atoms with Crippen LogP contribution < -0.4 is 11.1 Å². The number of unbranched alkanes of at least 4 members (excludes halogenated alkanes) is 6. The summed E-state index contributed by atoms with van der Waals surface area (Å²) < 4.78 is 11.9. The largest absolute Gasteiger partial charge is 0.465 e. The van der Waals surface area contributed by atoms with E-state index in [9.17, 15) is 9.59 Å². The molecule has 0 spiro atoms. The first kappa shape index (κ1) is 39.0. The molecule has 1 saturated carbocycles. The molecule has 3 aromatic carbocycles. The van der Waals surface area contributed by atoms with Crippen LogP contribution in [0.15, 0.2) is 59.1 Å². The lowest BCUT2D eigenvalue weighted by molar-refractivity contribution is -0.142. The molecular weight excluding hydrogens is 725 g/mol. The predicted octanol–water partition coefficient (Wildman–Crippen LogP) is 10.9. The number of nitrogens with one attached hydrogen (secondary N) is 1. The summed E-state index contributed by atoms with van der Waals surface area (Å²) in [5.41, 5.74) is 10.8. The molecule has 0 radical (unpaired) electrons. The molecule has 7 nitrogen and oxygen atoms in total. The molecule has 0 aliphatic heterocycles. The van der Waals surface area contributed by atoms with Crippen molar-refractivity contribution in [2.45, 2.75) is 103 Å². The van der Waals surface area contributed by atoms with Crippen LogP contribution in [-0.4, -0.2) is 42.6 Å². The van der Waals surface area contributed by atoms with Crippen LogP contribution in [0.1, 0.15) is 105 Å². The molecular formula is C39H50BrCl2N3O4. The smallest absolute Gasteiger partial charge is 0.338 e. The van der Waals surface area contributed by atoms with E-state index < -0.39 is 0 Å². The highest BCUT2D eigenvalue weighted by atomic mass is 79.9. The number of carbonyl (C=O) groups excluding carboxylic acids is 2. The summed E-state index contributed by atoms with van der Waals surface area (Å²) in [4.78, 5) is 27.9. The monoisotopic (exact) mass is 773 g/mol. The Kier molecular flexibility index (Phi) is 16.6. The number of nitrogen functional groups attached to an aromatic ring is 1. The Hall–Kier alpha value is -2.78. The van der Waals surface area contributed by atoms with Crippen molar-refractivity contribution in [1.29, 1.82) is 0 Å². The molecule has 1 aliphatic rings. The molecule has 0 unspecified atom stereocenters. The van der Waals surface area contributed by atoms with Gasteiger partial charge in [0.25, 0.3) is 0 Å². The van der Waals surface area contributed by atoms with Gasteiger partial charge in [-0.15, -0.1) is 0 Å². The molecule has 1 fully saturated rings. The van der Waals surface area contributed by atoms with Gasteiger partial charge in [-0.2, -0.15) is 0 Å². The fourth-order valence-corrected chi connectivity index (χ4v) is 7.36. The van der Waals surface area contributed by atoms with Gasteiger partial charge in [0.05, 0.1) is 46.6 Å². The molecule has 3 N–H and O–H groups in total. The van der Waals surface area contributed by atoms with E-state index in [0.29, 0.717) is 46.2 Å². The molecule has 0 saturated heterocycles. The molecule has 266 valence electrons. The maximum atomic E-state index is 12.9. The lowest BCUT2D eigenvalue weighted by Crippen LogP contribution is -2.36. The average molecular weight is 776 g/mol. The van der Waals surface area contributed by atoms with E-state index in [0.717, 1.165) is 79.3 Å². The summed E-state index contributed by atoms with van der Waals surface area (Å²) in [6.45, 7) is 4.70. The number of benzene rings is 3. The fourth-order valence-electron chi connectivity index (χ4n) is 6.36. The standard InChI is InChI=1S/C39H50BrCl2N3O4/c1-2-45(31-17-9-8-10-18-31)27-30-24-29(25-32(40)37(30)43)39(47)49-23-14-7-5-3-4-6-13-22-48-36(46)26-28-16-11-12-21-35(28)44-38-33(41)19-15-20-34(38)42/h11-12,15-16,19-21,24-25,31,44H,2-10,13-14,17-18,22-23,26-27,43H2,1H3. The maximum Gasteiger partial charge on any atom is 0.338 e. The van der Waals surface area contributed by atoms with Gasteiger partial charge in [0.1, 0.15) is 0 Å². The maximum absolute atomic E-state index is 12.9. The number of para-hydroxylation sites is 2. The van der Waals surface area contributed by atoms with Crippen LogP contribution in [0.5, 0.6) is 0 Å². The molecule has 4 rings (SSSR count). The summed E-state index contributed by atoms with van der Waals surface area (Å²) in [6.07, 6.45) is 13.4. The quantitative estimate of drug-likeness (QED) is 0.0711. The average Bonchev–Trinajstić information content (AvgIpc) is 3.10. The van der Waals surface area contributed by atoms with E-state index in [1.165, 1.54) is 32.1 Å². The van der Waals surface area contributed by atoms with Gasteiger partial charge in [-0.3, -0.25) is 9.69 Å². The summed E-state index contributed by atoms with van der Waals surface area (Å²) in [7, 11) is 0. The second-order valence-corrected chi connectivity index (χ2v) is 14.4. The van der Waals surface area contributed by atoms with Gasteiger partial charge in [-0.1, -0.05) is 106 Å². The van der Waals surface area contributed by atoms with E-state index in [1.807, 2.05) is 30.3 Å². The van der Waals surface area contributed by atoms with Gasteiger partial charge in [0.15, 0.2) is 0 Å². The number of rotatable bonds is 19. The Balaban J connectivity index is 1.07. The van der Waals surface area contributed by atoms with E-state index in [-0.39, 0.29) is 18.4 Å². The van der Waals surface area contributed by atoms with Gasteiger partial charge in [-0.25, -0.2) is 4.79 Å². The van der Waals surface area contributed by atoms with Crippen LogP contribution in [0.3, 0.4) is 0 Å². The Morgan fingerprint density at radius 3 is 2.16 bits per heavy atom. The minimum atomic E-state index is -0.304.